The van der Waals surface area contributed by atoms with Crippen molar-refractivity contribution < 1.29 is 9.59 Å². The molecule has 1 aliphatic rings. The normalized spacial score (nSPS) is 19.8. The summed E-state index contributed by atoms with van der Waals surface area (Å²) < 4.78 is 0. The van der Waals surface area contributed by atoms with E-state index in [1.54, 1.807) is 26.2 Å². The van der Waals surface area contributed by atoms with E-state index in [1.807, 2.05) is 36.4 Å². The van der Waals surface area contributed by atoms with E-state index in [1.165, 1.54) is 4.90 Å². The number of nitrogens with one attached hydrogen (secondary N) is 1. The Kier molecular flexibility index (Phi) is 4.55. The number of nitrogens with zero attached hydrogens (tertiary/aromatic N) is 1. The van der Waals surface area contributed by atoms with Gasteiger partial charge in [0, 0.05) is 13.2 Å². The Bertz CT molecular complexity index is 591. The molecule has 21 heavy (non-hydrogen) atoms. The molecule has 0 spiro atoms. The molecule has 0 aliphatic carbocycles. The zero-order valence-corrected chi connectivity index (χ0v) is 12.1. The van der Waals surface area contributed by atoms with Crippen molar-refractivity contribution in [3.05, 3.63) is 54.2 Å². The van der Waals surface area contributed by atoms with E-state index in [0.717, 1.165) is 11.1 Å². The second-order valence-corrected chi connectivity index (χ2v) is 5.03. The molecule has 1 unspecified atom stereocenters. The summed E-state index contributed by atoms with van der Waals surface area (Å²) in [4.78, 5) is 25.4. The van der Waals surface area contributed by atoms with E-state index in [4.69, 9.17) is 5.73 Å². The monoisotopic (exact) mass is 285 g/mol. The second kappa shape index (κ2) is 6.37. The van der Waals surface area contributed by atoms with Gasteiger partial charge in [-0.1, -0.05) is 42.5 Å². The first-order chi connectivity index (χ1) is 9.99. The molecule has 1 aromatic rings. The number of hydrogen-bond donors (Lipinski definition) is 2. The van der Waals surface area contributed by atoms with Crippen molar-refractivity contribution in [2.45, 2.75) is 19.0 Å². The summed E-state index contributed by atoms with van der Waals surface area (Å²) in [5.74, 6) is -0.555. The Balaban J connectivity index is 2.24. The second-order valence-electron chi connectivity index (χ2n) is 5.03. The Morgan fingerprint density at radius 3 is 2.62 bits per heavy atom. The van der Waals surface area contributed by atoms with E-state index in [-0.39, 0.29) is 11.8 Å². The first kappa shape index (κ1) is 15.0. The third-order valence-corrected chi connectivity index (χ3v) is 3.23. The van der Waals surface area contributed by atoms with Crippen molar-refractivity contribution in [2.75, 3.05) is 7.05 Å². The van der Waals surface area contributed by atoms with Crippen LogP contribution in [0, 0.1) is 0 Å². The van der Waals surface area contributed by atoms with E-state index in [0.29, 0.717) is 0 Å². The first-order valence-electron chi connectivity index (χ1n) is 6.77. The molecule has 3 N–H and O–H groups in total. The van der Waals surface area contributed by atoms with E-state index < -0.39 is 12.1 Å². The quantitative estimate of drug-likeness (QED) is 0.866. The highest BCUT2D eigenvalue weighted by atomic mass is 16.2. The van der Waals surface area contributed by atoms with Gasteiger partial charge in [-0.15, -0.1) is 0 Å². The maximum atomic E-state index is 12.3. The van der Waals surface area contributed by atoms with Crippen LogP contribution in [0.4, 0.5) is 0 Å². The maximum Gasteiger partial charge on any atom is 0.252 e. The summed E-state index contributed by atoms with van der Waals surface area (Å²) in [6.07, 6.45) is 5.28. The minimum absolute atomic E-state index is 0.203. The fourth-order valence-electron chi connectivity index (χ4n) is 2.01. The Hall–Kier alpha value is -2.40. The Labute approximate surface area is 124 Å². The molecule has 0 fully saturated rings. The van der Waals surface area contributed by atoms with Crippen molar-refractivity contribution >= 4 is 17.4 Å². The fourth-order valence-corrected chi connectivity index (χ4v) is 2.01. The van der Waals surface area contributed by atoms with Crippen LogP contribution in [0.2, 0.25) is 0 Å². The van der Waals surface area contributed by atoms with Crippen molar-refractivity contribution in [3.8, 4) is 0 Å². The van der Waals surface area contributed by atoms with Gasteiger partial charge in [0.05, 0.1) is 6.04 Å². The number of rotatable bonds is 3. The van der Waals surface area contributed by atoms with E-state index in [2.05, 4.69) is 5.32 Å². The molecule has 110 valence electrons. The van der Waals surface area contributed by atoms with Crippen LogP contribution in [0.1, 0.15) is 12.5 Å². The van der Waals surface area contributed by atoms with Gasteiger partial charge < -0.3 is 16.0 Å². The summed E-state index contributed by atoms with van der Waals surface area (Å²) >= 11 is 0. The fraction of sp³-hybridized carbons (Fsp3) is 0.250. The standard InChI is InChI=1S/C16H19N3O2/c1-11(17)15(20)18-14-9-8-13(10-19(2)16(14)21)12-6-4-3-5-7-12/h3-11,14H,17H2,1-2H3,(H,18,20)/t11-,14?/m0/s1. The smallest absolute Gasteiger partial charge is 0.252 e. The van der Waals surface area contributed by atoms with Gasteiger partial charge in [0.25, 0.3) is 5.91 Å². The highest BCUT2D eigenvalue weighted by Gasteiger charge is 2.24. The summed E-state index contributed by atoms with van der Waals surface area (Å²) in [6, 6.07) is 8.39. The molecule has 2 rings (SSSR count). The van der Waals surface area contributed by atoms with E-state index in [9.17, 15) is 9.59 Å². The van der Waals surface area contributed by atoms with Crippen molar-refractivity contribution in [3.63, 3.8) is 0 Å². The van der Waals surface area contributed by atoms with Gasteiger partial charge in [-0.2, -0.15) is 0 Å². The molecule has 2 atom stereocenters. The average molecular weight is 285 g/mol. The third-order valence-electron chi connectivity index (χ3n) is 3.23. The third kappa shape index (κ3) is 3.58. The molecule has 5 heteroatoms. The van der Waals surface area contributed by atoms with Crippen LogP contribution in [-0.2, 0) is 9.59 Å². The lowest BCUT2D eigenvalue weighted by molar-refractivity contribution is -0.132. The minimum atomic E-state index is -0.703. The maximum absolute atomic E-state index is 12.3. The van der Waals surface area contributed by atoms with Crippen LogP contribution in [0.15, 0.2) is 48.7 Å². The molecule has 1 aromatic carbocycles. The average Bonchev–Trinajstić information content (AvgIpc) is 2.61. The van der Waals surface area contributed by atoms with Gasteiger partial charge in [-0.25, -0.2) is 0 Å². The van der Waals surface area contributed by atoms with Crippen LogP contribution < -0.4 is 11.1 Å². The number of nitrogens with two attached hydrogens (primary N) is 1. The predicted octanol–water partition coefficient (Wildman–Crippen LogP) is 0.888. The Morgan fingerprint density at radius 2 is 2.00 bits per heavy atom. The summed E-state index contributed by atoms with van der Waals surface area (Å²) in [5.41, 5.74) is 7.43. The number of benzene rings is 1. The van der Waals surface area contributed by atoms with E-state index >= 15 is 0 Å². The SMILES string of the molecule is C[C@H](N)C(=O)NC1C=CC(c2ccccc2)=CN(C)C1=O. The number of amides is 2. The summed E-state index contributed by atoms with van der Waals surface area (Å²) in [7, 11) is 1.67. The van der Waals surface area contributed by atoms with Gasteiger partial charge in [0.2, 0.25) is 5.91 Å². The topological polar surface area (TPSA) is 75.4 Å². The number of likely N-dealkylation sites (N-methyl/N-ethyl adjacent to an activating group) is 1. The minimum Gasteiger partial charge on any atom is -0.340 e. The van der Waals surface area contributed by atoms with Crippen molar-refractivity contribution in [1.29, 1.82) is 0 Å². The molecule has 2 amide bonds. The molecule has 0 saturated heterocycles. The molecule has 1 heterocycles. The van der Waals surface area contributed by atoms with Crippen molar-refractivity contribution in [1.82, 2.24) is 10.2 Å². The molecule has 0 radical (unpaired) electrons. The van der Waals surface area contributed by atoms with Crippen LogP contribution in [0.25, 0.3) is 5.57 Å². The zero-order chi connectivity index (χ0) is 15.4. The van der Waals surface area contributed by atoms with Gasteiger partial charge in [-0.05, 0) is 18.1 Å². The van der Waals surface area contributed by atoms with Gasteiger partial charge in [0.15, 0.2) is 0 Å². The van der Waals surface area contributed by atoms with Crippen molar-refractivity contribution in [2.24, 2.45) is 5.73 Å². The molecular weight excluding hydrogens is 266 g/mol. The summed E-state index contributed by atoms with van der Waals surface area (Å²) in [5, 5.41) is 2.64. The lowest BCUT2D eigenvalue weighted by atomic mass is 10.1. The lowest BCUT2D eigenvalue weighted by Gasteiger charge is -2.19. The Morgan fingerprint density at radius 1 is 1.33 bits per heavy atom. The number of allylic oxidation sites excluding steroid dienone is 2. The van der Waals surface area contributed by atoms with Crippen LogP contribution in [-0.4, -0.2) is 35.8 Å². The zero-order valence-electron chi connectivity index (χ0n) is 12.1. The molecule has 1 aliphatic heterocycles. The number of hydrogen-bond acceptors (Lipinski definition) is 3. The van der Waals surface area contributed by atoms with Gasteiger partial charge in [-0.3, -0.25) is 9.59 Å². The molecule has 0 saturated carbocycles. The highest BCUT2D eigenvalue weighted by Crippen LogP contribution is 2.19. The van der Waals surface area contributed by atoms with Crippen LogP contribution in [0.3, 0.4) is 0 Å². The van der Waals surface area contributed by atoms with Gasteiger partial charge in [0.1, 0.15) is 6.04 Å². The number of carbonyl (C=O) groups excluding carboxylic acids is 2. The molecule has 5 nitrogen and oxygen atoms in total. The van der Waals surface area contributed by atoms with Crippen LogP contribution in [0.5, 0.6) is 0 Å². The first-order valence-corrected chi connectivity index (χ1v) is 6.77. The highest BCUT2D eigenvalue weighted by molar-refractivity contribution is 5.93. The lowest BCUT2D eigenvalue weighted by Crippen LogP contribution is -2.49. The largest absolute Gasteiger partial charge is 0.340 e. The number of carbonyl (C=O) groups is 2. The molecular formula is C16H19N3O2. The summed E-state index contributed by atoms with van der Waals surface area (Å²) in [6.45, 7) is 1.58. The molecule has 0 bridgehead atoms. The van der Waals surface area contributed by atoms with Crippen LogP contribution >= 0.6 is 0 Å². The molecule has 0 aromatic heterocycles. The predicted molar refractivity (Wildman–Crippen MR) is 81.9 cm³/mol. The van der Waals surface area contributed by atoms with Gasteiger partial charge >= 0.3 is 0 Å².